The Morgan fingerprint density at radius 1 is 1.31 bits per heavy atom. The summed E-state index contributed by atoms with van der Waals surface area (Å²) in [6, 6.07) is 10.2. The minimum atomic E-state index is -0.806. The van der Waals surface area contributed by atoms with Gasteiger partial charge in [0.2, 0.25) is 6.10 Å². The van der Waals surface area contributed by atoms with Crippen molar-refractivity contribution in [2.24, 2.45) is 5.16 Å². The number of carbonyl (C=O) groups is 1. The van der Waals surface area contributed by atoms with Gasteiger partial charge in [0.1, 0.15) is 5.75 Å². The minimum absolute atomic E-state index is 0.0323. The van der Waals surface area contributed by atoms with Crippen molar-refractivity contribution in [3.63, 3.8) is 0 Å². The number of aromatic hydroxyl groups is 1. The van der Waals surface area contributed by atoms with E-state index in [9.17, 15) is 9.90 Å². The molecule has 26 heavy (non-hydrogen) atoms. The predicted molar refractivity (Wildman–Crippen MR) is 100 cm³/mol. The van der Waals surface area contributed by atoms with E-state index >= 15 is 0 Å². The van der Waals surface area contributed by atoms with Crippen molar-refractivity contribution >= 4 is 33.2 Å². The molecule has 0 radical (unpaired) electrons. The van der Waals surface area contributed by atoms with Gasteiger partial charge >= 0.3 is 0 Å². The number of hydrogen-bond donors (Lipinski definition) is 2. The maximum atomic E-state index is 12.4. The zero-order chi connectivity index (χ0) is 18.7. The lowest BCUT2D eigenvalue weighted by atomic mass is 10.0. The molecule has 0 saturated carbocycles. The van der Waals surface area contributed by atoms with Crippen LogP contribution in [0.4, 0.5) is 5.69 Å². The number of phenolic OH excluding ortho intramolecular Hbond substituents is 1. The molecule has 1 amide bonds. The van der Waals surface area contributed by atoms with E-state index in [0.29, 0.717) is 28.5 Å². The van der Waals surface area contributed by atoms with Crippen molar-refractivity contribution < 1.29 is 24.2 Å². The third kappa shape index (κ3) is 3.60. The van der Waals surface area contributed by atoms with Crippen LogP contribution in [-0.2, 0) is 9.63 Å². The van der Waals surface area contributed by atoms with Crippen LogP contribution < -0.4 is 14.8 Å². The fraction of sp³-hybridized carbons (Fsp3) is 0.222. The molecule has 2 N–H and O–H groups in total. The number of anilines is 1. The highest BCUT2D eigenvalue weighted by Gasteiger charge is 2.31. The number of amides is 1. The Morgan fingerprint density at radius 3 is 2.85 bits per heavy atom. The summed E-state index contributed by atoms with van der Waals surface area (Å²) in [7, 11) is 3.09. The molecule has 3 rings (SSSR count). The second-order valence-corrected chi connectivity index (χ2v) is 6.44. The van der Waals surface area contributed by atoms with Crippen LogP contribution in [0.1, 0.15) is 12.0 Å². The van der Waals surface area contributed by atoms with Crippen molar-refractivity contribution in [3.8, 4) is 17.2 Å². The van der Waals surface area contributed by atoms with Crippen molar-refractivity contribution in [1.82, 2.24) is 0 Å². The van der Waals surface area contributed by atoms with Crippen molar-refractivity contribution in [2.75, 3.05) is 19.5 Å². The first kappa shape index (κ1) is 18.1. The first-order valence-electron chi connectivity index (χ1n) is 7.77. The zero-order valence-electron chi connectivity index (χ0n) is 14.2. The SMILES string of the molecule is COc1cccc(C2=NOC(C(=O)Nc3cc(Br)ccc3O)C2)c1OC. The van der Waals surface area contributed by atoms with Crippen LogP contribution in [0, 0.1) is 0 Å². The maximum Gasteiger partial charge on any atom is 0.268 e. The lowest BCUT2D eigenvalue weighted by Crippen LogP contribution is -2.28. The van der Waals surface area contributed by atoms with Crippen LogP contribution in [0.5, 0.6) is 17.2 Å². The van der Waals surface area contributed by atoms with Crippen molar-refractivity contribution in [1.29, 1.82) is 0 Å². The molecule has 136 valence electrons. The molecule has 0 aliphatic carbocycles. The topological polar surface area (TPSA) is 89.4 Å². The number of phenols is 1. The number of hydrogen-bond acceptors (Lipinski definition) is 6. The van der Waals surface area contributed by atoms with E-state index in [2.05, 4.69) is 26.4 Å². The van der Waals surface area contributed by atoms with Crippen LogP contribution in [0.2, 0.25) is 0 Å². The van der Waals surface area contributed by atoms with Crippen LogP contribution in [0.15, 0.2) is 46.0 Å². The number of oxime groups is 1. The molecule has 0 aromatic heterocycles. The fourth-order valence-corrected chi connectivity index (χ4v) is 2.97. The third-order valence-electron chi connectivity index (χ3n) is 3.89. The molecule has 1 aliphatic rings. The van der Waals surface area contributed by atoms with Crippen LogP contribution in [0.3, 0.4) is 0 Å². The van der Waals surface area contributed by atoms with Gasteiger partial charge in [0.15, 0.2) is 11.5 Å². The fourth-order valence-electron chi connectivity index (χ4n) is 2.61. The van der Waals surface area contributed by atoms with Gasteiger partial charge in [-0.1, -0.05) is 27.2 Å². The molecule has 8 heteroatoms. The van der Waals surface area contributed by atoms with Gasteiger partial charge in [0, 0.05) is 16.5 Å². The largest absolute Gasteiger partial charge is 0.506 e. The van der Waals surface area contributed by atoms with E-state index in [-0.39, 0.29) is 12.2 Å². The number of nitrogens with zero attached hydrogens (tertiary/aromatic N) is 1. The molecule has 0 fully saturated rings. The molecule has 2 aromatic rings. The predicted octanol–water partition coefficient (Wildman–Crippen LogP) is 3.30. The number of methoxy groups -OCH3 is 2. The van der Waals surface area contributed by atoms with E-state index < -0.39 is 12.0 Å². The number of carbonyl (C=O) groups excluding carboxylic acids is 1. The molecule has 7 nitrogen and oxygen atoms in total. The van der Waals surface area contributed by atoms with Gasteiger partial charge in [-0.2, -0.15) is 0 Å². The number of halogens is 1. The number of ether oxygens (including phenoxy) is 2. The molecule has 0 saturated heterocycles. The molecule has 0 bridgehead atoms. The summed E-state index contributed by atoms with van der Waals surface area (Å²) < 4.78 is 11.4. The molecule has 1 atom stereocenters. The molecular formula is C18H17BrN2O5. The summed E-state index contributed by atoms with van der Waals surface area (Å²) in [6.07, 6.45) is -0.538. The maximum absolute atomic E-state index is 12.4. The quantitative estimate of drug-likeness (QED) is 0.724. The Balaban J connectivity index is 1.74. The van der Waals surface area contributed by atoms with E-state index in [4.69, 9.17) is 14.3 Å². The van der Waals surface area contributed by atoms with Gasteiger partial charge in [-0.05, 0) is 30.3 Å². The Morgan fingerprint density at radius 2 is 2.12 bits per heavy atom. The van der Waals surface area contributed by atoms with Gasteiger partial charge in [-0.25, -0.2) is 0 Å². The van der Waals surface area contributed by atoms with Gasteiger partial charge < -0.3 is 24.7 Å². The number of rotatable bonds is 5. The Bertz CT molecular complexity index is 869. The lowest BCUT2D eigenvalue weighted by molar-refractivity contribution is -0.125. The van der Waals surface area contributed by atoms with Crippen LogP contribution in [-0.4, -0.2) is 37.0 Å². The van der Waals surface area contributed by atoms with Gasteiger partial charge in [-0.15, -0.1) is 0 Å². The normalized spacial score (nSPS) is 15.8. The zero-order valence-corrected chi connectivity index (χ0v) is 15.7. The van der Waals surface area contributed by atoms with Gasteiger partial charge in [-0.3, -0.25) is 4.79 Å². The highest BCUT2D eigenvalue weighted by atomic mass is 79.9. The number of para-hydroxylation sites is 1. The summed E-state index contributed by atoms with van der Waals surface area (Å²) in [5, 5.41) is 16.5. The first-order chi connectivity index (χ1) is 12.5. The first-order valence-corrected chi connectivity index (χ1v) is 8.56. The van der Waals surface area contributed by atoms with E-state index in [1.807, 2.05) is 12.1 Å². The summed E-state index contributed by atoms with van der Waals surface area (Å²) in [4.78, 5) is 17.7. The monoisotopic (exact) mass is 420 g/mol. The third-order valence-corrected chi connectivity index (χ3v) is 4.38. The van der Waals surface area contributed by atoms with Crippen LogP contribution in [0.25, 0.3) is 0 Å². The summed E-state index contributed by atoms with van der Waals surface area (Å²) >= 11 is 3.30. The average molecular weight is 421 g/mol. The summed E-state index contributed by atoms with van der Waals surface area (Å²) in [5.41, 5.74) is 1.58. The lowest BCUT2D eigenvalue weighted by Gasteiger charge is -2.12. The Labute approximate surface area is 158 Å². The number of nitrogens with one attached hydrogen (secondary N) is 1. The molecule has 1 heterocycles. The minimum Gasteiger partial charge on any atom is -0.506 e. The smallest absolute Gasteiger partial charge is 0.268 e. The highest BCUT2D eigenvalue weighted by molar-refractivity contribution is 9.10. The van der Waals surface area contributed by atoms with E-state index in [0.717, 1.165) is 4.47 Å². The van der Waals surface area contributed by atoms with Crippen LogP contribution >= 0.6 is 15.9 Å². The standard InChI is InChI=1S/C18H17BrN2O5/c1-24-15-5-3-4-11(17(15)25-2)12-9-16(26-21-12)18(23)20-13-8-10(19)6-7-14(13)22/h3-8,16,22H,9H2,1-2H3,(H,20,23). The second kappa shape index (κ2) is 7.65. The molecule has 1 aliphatic heterocycles. The molecule has 1 unspecified atom stereocenters. The average Bonchev–Trinajstić information content (AvgIpc) is 3.14. The highest BCUT2D eigenvalue weighted by Crippen LogP contribution is 2.34. The summed E-state index contributed by atoms with van der Waals surface area (Å²) in [6.45, 7) is 0. The Hall–Kier alpha value is -2.74. The molecule has 0 spiro atoms. The molecule has 2 aromatic carbocycles. The second-order valence-electron chi connectivity index (χ2n) is 5.53. The molecular weight excluding hydrogens is 404 g/mol. The van der Waals surface area contributed by atoms with Gasteiger partial charge in [0.25, 0.3) is 5.91 Å². The van der Waals surface area contributed by atoms with E-state index in [1.54, 1.807) is 25.3 Å². The summed E-state index contributed by atoms with van der Waals surface area (Å²) in [5.74, 6) is 0.664. The number of benzene rings is 2. The van der Waals surface area contributed by atoms with Crippen molar-refractivity contribution in [3.05, 3.63) is 46.4 Å². The Kier molecular flexibility index (Phi) is 5.32. The van der Waals surface area contributed by atoms with Crippen molar-refractivity contribution in [2.45, 2.75) is 12.5 Å². The van der Waals surface area contributed by atoms with E-state index in [1.165, 1.54) is 13.2 Å². The van der Waals surface area contributed by atoms with Gasteiger partial charge in [0.05, 0.1) is 25.6 Å².